The SMILES string of the molecule is ClCC#Cc1ccccc1OCC1CCC2(CCCC2)O1. The first-order valence-corrected chi connectivity index (χ1v) is 8.29. The van der Waals surface area contributed by atoms with Gasteiger partial charge in [0.1, 0.15) is 12.4 Å². The fraction of sp³-hybridized carbons (Fsp3) is 0.556. The summed E-state index contributed by atoms with van der Waals surface area (Å²) in [6.07, 6.45) is 7.58. The zero-order valence-corrected chi connectivity index (χ0v) is 13.0. The molecule has 2 nitrogen and oxygen atoms in total. The monoisotopic (exact) mass is 304 g/mol. The number of para-hydroxylation sites is 1. The molecule has 1 aliphatic heterocycles. The molecule has 1 unspecified atom stereocenters. The van der Waals surface area contributed by atoms with E-state index in [1.165, 1.54) is 32.1 Å². The van der Waals surface area contributed by atoms with Crippen LogP contribution in [0.15, 0.2) is 24.3 Å². The fourth-order valence-electron chi connectivity index (χ4n) is 3.41. The number of benzene rings is 1. The number of halogens is 1. The summed E-state index contributed by atoms with van der Waals surface area (Å²) in [5.74, 6) is 7.08. The van der Waals surface area contributed by atoms with Crippen LogP contribution in [-0.2, 0) is 4.74 Å². The van der Waals surface area contributed by atoms with Crippen LogP contribution in [0.5, 0.6) is 5.75 Å². The molecular formula is C18H21ClO2. The minimum Gasteiger partial charge on any atom is -0.490 e. The van der Waals surface area contributed by atoms with Gasteiger partial charge in [0.2, 0.25) is 0 Å². The lowest BCUT2D eigenvalue weighted by Crippen LogP contribution is -2.27. The highest BCUT2D eigenvalue weighted by Gasteiger charge is 2.42. The lowest BCUT2D eigenvalue weighted by Gasteiger charge is -2.23. The summed E-state index contributed by atoms with van der Waals surface area (Å²) in [6, 6.07) is 7.85. The highest BCUT2D eigenvalue weighted by atomic mass is 35.5. The number of hydrogen-bond acceptors (Lipinski definition) is 2. The van der Waals surface area contributed by atoms with Crippen molar-refractivity contribution in [3.63, 3.8) is 0 Å². The van der Waals surface area contributed by atoms with Crippen molar-refractivity contribution in [2.45, 2.75) is 50.2 Å². The Hall–Kier alpha value is -1.17. The van der Waals surface area contributed by atoms with E-state index < -0.39 is 0 Å². The summed E-state index contributed by atoms with van der Waals surface area (Å²) in [4.78, 5) is 0. The molecule has 1 aliphatic carbocycles. The van der Waals surface area contributed by atoms with E-state index in [2.05, 4.69) is 11.8 Å². The highest BCUT2D eigenvalue weighted by Crippen LogP contribution is 2.43. The molecule has 1 heterocycles. The van der Waals surface area contributed by atoms with E-state index in [4.69, 9.17) is 21.1 Å². The zero-order valence-electron chi connectivity index (χ0n) is 12.2. The van der Waals surface area contributed by atoms with Gasteiger partial charge in [-0.3, -0.25) is 0 Å². The minimum atomic E-state index is 0.173. The Balaban J connectivity index is 1.58. The first kappa shape index (κ1) is 14.8. The van der Waals surface area contributed by atoms with Gasteiger partial charge in [0.15, 0.2) is 0 Å². The average molecular weight is 305 g/mol. The van der Waals surface area contributed by atoms with Crippen LogP contribution in [0.1, 0.15) is 44.1 Å². The molecule has 3 heteroatoms. The predicted octanol–water partition coefficient (Wildman–Crippen LogP) is 4.15. The van der Waals surface area contributed by atoms with Gasteiger partial charge >= 0.3 is 0 Å². The van der Waals surface area contributed by atoms with Crippen molar-refractivity contribution in [1.29, 1.82) is 0 Å². The molecule has 112 valence electrons. The van der Waals surface area contributed by atoms with Gasteiger partial charge < -0.3 is 9.47 Å². The van der Waals surface area contributed by atoms with Gasteiger partial charge in [0, 0.05) is 0 Å². The van der Waals surface area contributed by atoms with Crippen LogP contribution in [0.25, 0.3) is 0 Å². The molecule has 1 aromatic rings. The normalized spacial score (nSPS) is 23.0. The van der Waals surface area contributed by atoms with Crippen LogP contribution in [-0.4, -0.2) is 24.2 Å². The second kappa shape index (κ2) is 6.73. The van der Waals surface area contributed by atoms with Gasteiger partial charge in [-0.1, -0.05) is 36.8 Å². The molecule has 2 fully saturated rings. The van der Waals surface area contributed by atoms with Crippen LogP contribution in [0, 0.1) is 11.8 Å². The molecule has 0 bridgehead atoms. The van der Waals surface area contributed by atoms with E-state index in [9.17, 15) is 0 Å². The minimum absolute atomic E-state index is 0.173. The van der Waals surface area contributed by atoms with Crippen LogP contribution < -0.4 is 4.74 Å². The lowest BCUT2D eigenvalue weighted by molar-refractivity contribution is -0.0509. The fourth-order valence-corrected chi connectivity index (χ4v) is 3.47. The molecule has 1 spiro atoms. The number of rotatable bonds is 3. The van der Waals surface area contributed by atoms with E-state index in [0.717, 1.165) is 17.7 Å². The molecule has 21 heavy (non-hydrogen) atoms. The molecular weight excluding hydrogens is 284 g/mol. The second-order valence-corrected chi connectivity index (χ2v) is 6.18. The topological polar surface area (TPSA) is 18.5 Å². The summed E-state index contributed by atoms with van der Waals surface area (Å²) in [5, 5.41) is 0. The van der Waals surface area contributed by atoms with Crippen LogP contribution in [0.2, 0.25) is 0 Å². The molecule has 2 aliphatic rings. The van der Waals surface area contributed by atoms with Crippen molar-refractivity contribution in [3.8, 4) is 17.6 Å². The summed E-state index contributed by atoms with van der Waals surface area (Å²) in [7, 11) is 0. The largest absolute Gasteiger partial charge is 0.490 e. The Morgan fingerprint density at radius 1 is 1.24 bits per heavy atom. The van der Waals surface area contributed by atoms with Gasteiger partial charge in [-0.25, -0.2) is 0 Å². The summed E-state index contributed by atoms with van der Waals surface area (Å²) >= 11 is 5.62. The molecule has 1 aromatic carbocycles. The van der Waals surface area contributed by atoms with E-state index in [1.807, 2.05) is 24.3 Å². The average Bonchev–Trinajstić information content (AvgIpc) is 3.14. The first-order chi connectivity index (χ1) is 10.3. The molecule has 0 amide bonds. The van der Waals surface area contributed by atoms with E-state index in [0.29, 0.717) is 12.5 Å². The van der Waals surface area contributed by atoms with Gasteiger partial charge in [0.25, 0.3) is 0 Å². The standard InChI is InChI=1S/C18H21ClO2/c19-13-5-7-15-6-1-2-8-17(15)20-14-16-9-12-18(21-16)10-3-4-11-18/h1-2,6,8,16H,3-4,9-14H2. The molecule has 0 radical (unpaired) electrons. The van der Waals surface area contributed by atoms with Crippen molar-refractivity contribution < 1.29 is 9.47 Å². The van der Waals surface area contributed by atoms with Gasteiger partial charge in [-0.05, 0) is 37.8 Å². The third-order valence-electron chi connectivity index (χ3n) is 4.46. The quantitative estimate of drug-likeness (QED) is 0.617. The summed E-state index contributed by atoms with van der Waals surface area (Å²) in [5.41, 5.74) is 1.07. The van der Waals surface area contributed by atoms with Crippen LogP contribution in [0.4, 0.5) is 0 Å². The molecule has 1 atom stereocenters. The van der Waals surface area contributed by atoms with E-state index in [-0.39, 0.29) is 11.7 Å². The van der Waals surface area contributed by atoms with Gasteiger partial charge in [-0.15, -0.1) is 11.6 Å². The van der Waals surface area contributed by atoms with Crippen molar-refractivity contribution in [2.24, 2.45) is 0 Å². The lowest BCUT2D eigenvalue weighted by atomic mass is 9.98. The molecule has 0 aromatic heterocycles. The summed E-state index contributed by atoms with van der Waals surface area (Å²) < 4.78 is 12.2. The van der Waals surface area contributed by atoms with Crippen LogP contribution in [0.3, 0.4) is 0 Å². The Kier molecular flexibility index (Phi) is 4.73. The first-order valence-electron chi connectivity index (χ1n) is 7.76. The predicted molar refractivity (Wildman–Crippen MR) is 84.8 cm³/mol. The second-order valence-electron chi connectivity index (χ2n) is 5.91. The number of hydrogen-bond donors (Lipinski definition) is 0. The van der Waals surface area contributed by atoms with Crippen molar-refractivity contribution in [2.75, 3.05) is 12.5 Å². The Morgan fingerprint density at radius 2 is 2.05 bits per heavy atom. The van der Waals surface area contributed by atoms with Crippen molar-refractivity contribution >= 4 is 11.6 Å². The molecule has 1 saturated carbocycles. The van der Waals surface area contributed by atoms with Crippen molar-refractivity contribution in [1.82, 2.24) is 0 Å². The van der Waals surface area contributed by atoms with E-state index >= 15 is 0 Å². The third-order valence-corrected chi connectivity index (χ3v) is 4.59. The summed E-state index contributed by atoms with van der Waals surface area (Å²) in [6.45, 7) is 0.612. The van der Waals surface area contributed by atoms with E-state index in [1.54, 1.807) is 0 Å². The molecule has 3 rings (SSSR count). The van der Waals surface area contributed by atoms with Crippen LogP contribution >= 0.6 is 11.6 Å². The Labute approximate surface area is 131 Å². The van der Waals surface area contributed by atoms with Gasteiger partial charge in [0.05, 0.1) is 23.1 Å². The third kappa shape index (κ3) is 3.54. The Morgan fingerprint density at radius 3 is 2.86 bits per heavy atom. The van der Waals surface area contributed by atoms with Gasteiger partial charge in [-0.2, -0.15) is 0 Å². The maximum absolute atomic E-state index is 6.27. The smallest absolute Gasteiger partial charge is 0.135 e. The molecule has 1 saturated heterocycles. The maximum Gasteiger partial charge on any atom is 0.135 e. The number of ether oxygens (including phenoxy) is 2. The van der Waals surface area contributed by atoms with Crippen molar-refractivity contribution in [3.05, 3.63) is 29.8 Å². The number of alkyl halides is 1. The highest BCUT2D eigenvalue weighted by molar-refractivity contribution is 6.19. The molecule has 0 N–H and O–H groups in total. The maximum atomic E-state index is 6.27. The zero-order chi connectivity index (χ0) is 14.5. The Bertz CT molecular complexity index is 538.